The zero-order valence-corrected chi connectivity index (χ0v) is 14.9. The standard InChI is InChI=1S/C20H25FN4O/c21-17-4-2-16(3-5-17)14-25-12-6-18-20(15-25,8-13-26-18)7-11-24-19-22-9-1-10-23-19/h1-5,9-10,18H,6-8,11-15H2,(H,22,23,24)/t18-,20+/m0/s1. The van der Waals surface area contributed by atoms with Crippen LogP contribution in [-0.2, 0) is 11.3 Å². The first-order chi connectivity index (χ1) is 12.7. The average molecular weight is 356 g/mol. The van der Waals surface area contributed by atoms with Crippen molar-refractivity contribution in [2.75, 3.05) is 31.6 Å². The number of rotatable bonds is 6. The molecule has 2 aliphatic rings. The van der Waals surface area contributed by atoms with Crippen LogP contribution in [0.25, 0.3) is 0 Å². The SMILES string of the molecule is Fc1ccc(CN2CC[C@@H]3OCC[C@]3(CCNc3ncccn3)C2)cc1. The van der Waals surface area contributed by atoms with E-state index < -0.39 is 0 Å². The van der Waals surface area contributed by atoms with Crippen LogP contribution in [0.1, 0.15) is 24.8 Å². The van der Waals surface area contributed by atoms with Crippen molar-refractivity contribution in [3.63, 3.8) is 0 Å². The lowest BCUT2D eigenvalue weighted by Crippen LogP contribution is -2.49. The summed E-state index contributed by atoms with van der Waals surface area (Å²) in [6.45, 7) is 4.60. The molecule has 0 saturated carbocycles. The lowest BCUT2D eigenvalue weighted by molar-refractivity contribution is -0.0228. The van der Waals surface area contributed by atoms with Crippen LogP contribution in [-0.4, -0.2) is 47.2 Å². The molecular weight excluding hydrogens is 331 g/mol. The van der Waals surface area contributed by atoms with Gasteiger partial charge in [-0.2, -0.15) is 0 Å². The van der Waals surface area contributed by atoms with Gasteiger partial charge in [-0.05, 0) is 43.0 Å². The van der Waals surface area contributed by atoms with Crippen LogP contribution in [0.15, 0.2) is 42.7 Å². The molecule has 6 heteroatoms. The van der Waals surface area contributed by atoms with E-state index in [0.717, 1.165) is 57.6 Å². The maximum atomic E-state index is 13.1. The molecule has 2 atom stereocenters. The Morgan fingerprint density at radius 1 is 1.23 bits per heavy atom. The molecule has 0 amide bonds. The molecule has 1 aromatic carbocycles. The number of hydrogen-bond donors (Lipinski definition) is 1. The van der Waals surface area contributed by atoms with Gasteiger partial charge < -0.3 is 10.1 Å². The Kier molecular flexibility index (Phi) is 5.13. The number of aromatic nitrogens is 2. The predicted molar refractivity (Wildman–Crippen MR) is 98.2 cm³/mol. The highest BCUT2D eigenvalue weighted by molar-refractivity contribution is 5.22. The van der Waals surface area contributed by atoms with Gasteiger partial charge in [-0.15, -0.1) is 0 Å². The van der Waals surface area contributed by atoms with Crippen LogP contribution in [0, 0.1) is 11.2 Å². The normalized spacial score (nSPS) is 25.8. The fourth-order valence-electron chi connectivity index (χ4n) is 4.30. The number of likely N-dealkylation sites (tertiary alicyclic amines) is 1. The summed E-state index contributed by atoms with van der Waals surface area (Å²) in [7, 11) is 0. The van der Waals surface area contributed by atoms with Crippen molar-refractivity contribution in [2.24, 2.45) is 5.41 Å². The Balaban J connectivity index is 1.38. The minimum Gasteiger partial charge on any atom is -0.378 e. The van der Waals surface area contributed by atoms with Gasteiger partial charge in [-0.25, -0.2) is 14.4 Å². The number of anilines is 1. The van der Waals surface area contributed by atoms with Crippen LogP contribution in [0.2, 0.25) is 0 Å². The Labute approximate surface area is 153 Å². The van der Waals surface area contributed by atoms with Gasteiger partial charge in [0.1, 0.15) is 5.82 Å². The molecule has 2 aromatic rings. The topological polar surface area (TPSA) is 50.3 Å². The molecule has 2 aliphatic heterocycles. The molecule has 0 bridgehead atoms. The molecule has 0 aliphatic carbocycles. The number of nitrogens with zero attached hydrogens (tertiary/aromatic N) is 3. The van der Waals surface area contributed by atoms with Crippen LogP contribution in [0.3, 0.4) is 0 Å². The van der Waals surface area contributed by atoms with Crippen molar-refractivity contribution in [1.29, 1.82) is 0 Å². The monoisotopic (exact) mass is 356 g/mol. The smallest absolute Gasteiger partial charge is 0.222 e. The number of piperidine rings is 1. The van der Waals surface area contributed by atoms with Crippen LogP contribution in [0.5, 0.6) is 0 Å². The van der Waals surface area contributed by atoms with E-state index in [1.165, 1.54) is 0 Å². The second-order valence-electron chi connectivity index (χ2n) is 7.35. The molecule has 3 heterocycles. The van der Waals surface area contributed by atoms with Crippen molar-refractivity contribution >= 4 is 5.95 Å². The fourth-order valence-corrected chi connectivity index (χ4v) is 4.30. The summed E-state index contributed by atoms with van der Waals surface area (Å²) >= 11 is 0. The summed E-state index contributed by atoms with van der Waals surface area (Å²) in [6, 6.07) is 8.67. The van der Waals surface area contributed by atoms with Gasteiger partial charge in [0.2, 0.25) is 5.95 Å². The molecule has 0 radical (unpaired) electrons. The highest BCUT2D eigenvalue weighted by atomic mass is 19.1. The third-order valence-corrected chi connectivity index (χ3v) is 5.64. The van der Waals surface area contributed by atoms with E-state index in [1.807, 2.05) is 18.2 Å². The highest BCUT2D eigenvalue weighted by Gasteiger charge is 2.47. The fraction of sp³-hybridized carbons (Fsp3) is 0.500. The zero-order chi connectivity index (χ0) is 17.8. The molecule has 1 N–H and O–H groups in total. The predicted octanol–water partition coefficient (Wildman–Crippen LogP) is 3.10. The van der Waals surface area contributed by atoms with Gasteiger partial charge in [0.05, 0.1) is 6.10 Å². The summed E-state index contributed by atoms with van der Waals surface area (Å²) in [6.07, 6.45) is 7.03. The molecule has 5 nitrogen and oxygen atoms in total. The summed E-state index contributed by atoms with van der Waals surface area (Å²) in [5.74, 6) is 0.501. The summed E-state index contributed by atoms with van der Waals surface area (Å²) in [5, 5.41) is 3.33. The lowest BCUT2D eigenvalue weighted by Gasteiger charge is -2.44. The minimum absolute atomic E-state index is 0.178. The van der Waals surface area contributed by atoms with E-state index in [-0.39, 0.29) is 11.2 Å². The van der Waals surface area contributed by atoms with Gasteiger partial charge >= 0.3 is 0 Å². The van der Waals surface area contributed by atoms with Crippen LogP contribution >= 0.6 is 0 Å². The number of benzene rings is 1. The number of ether oxygens (including phenoxy) is 1. The minimum atomic E-state index is -0.178. The molecule has 1 aromatic heterocycles. The molecule has 4 rings (SSSR count). The first kappa shape index (κ1) is 17.4. The maximum Gasteiger partial charge on any atom is 0.222 e. The Hall–Kier alpha value is -2.05. The largest absolute Gasteiger partial charge is 0.378 e. The van der Waals surface area contributed by atoms with E-state index >= 15 is 0 Å². The molecule has 2 saturated heterocycles. The number of hydrogen-bond acceptors (Lipinski definition) is 5. The second-order valence-corrected chi connectivity index (χ2v) is 7.35. The summed E-state index contributed by atoms with van der Waals surface area (Å²) in [5.41, 5.74) is 1.34. The molecule has 138 valence electrons. The van der Waals surface area contributed by atoms with Crippen LogP contribution in [0.4, 0.5) is 10.3 Å². The van der Waals surface area contributed by atoms with Gasteiger partial charge in [0.15, 0.2) is 0 Å². The highest BCUT2D eigenvalue weighted by Crippen LogP contribution is 2.43. The van der Waals surface area contributed by atoms with Gasteiger partial charge in [-0.1, -0.05) is 12.1 Å². The third kappa shape index (κ3) is 3.86. The first-order valence-corrected chi connectivity index (χ1v) is 9.33. The number of fused-ring (bicyclic) bond motifs is 1. The molecular formula is C20H25FN4O. The van der Waals surface area contributed by atoms with Crippen LogP contribution < -0.4 is 5.32 Å². The average Bonchev–Trinajstić information content (AvgIpc) is 3.08. The Bertz CT molecular complexity index is 712. The van der Waals surface area contributed by atoms with Crippen molar-refractivity contribution in [1.82, 2.24) is 14.9 Å². The van der Waals surface area contributed by atoms with Gasteiger partial charge in [0, 0.05) is 50.6 Å². The zero-order valence-electron chi connectivity index (χ0n) is 14.9. The van der Waals surface area contributed by atoms with Gasteiger partial charge in [0.25, 0.3) is 0 Å². The second kappa shape index (κ2) is 7.68. The van der Waals surface area contributed by atoms with Crippen molar-refractivity contribution in [2.45, 2.75) is 31.9 Å². The third-order valence-electron chi connectivity index (χ3n) is 5.64. The summed E-state index contributed by atoms with van der Waals surface area (Å²) < 4.78 is 19.2. The van der Waals surface area contributed by atoms with Crippen molar-refractivity contribution < 1.29 is 9.13 Å². The van der Waals surface area contributed by atoms with Crippen molar-refractivity contribution in [3.05, 3.63) is 54.1 Å². The number of nitrogens with one attached hydrogen (secondary N) is 1. The molecule has 0 spiro atoms. The maximum absolute atomic E-state index is 13.1. The van der Waals surface area contributed by atoms with E-state index in [0.29, 0.717) is 12.1 Å². The molecule has 0 unspecified atom stereocenters. The van der Waals surface area contributed by atoms with E-state index in [9.17, 15) is 4.39 Å². The Morgan fingerprint density at radius 2 is 2.04 bits per heavy atom. The summed E-state index contributed by atoms with van der Waals surface area (Å²) in [4.78, 5) is 10.9. The first-order valence-electron chi connectivity index (χ1n) is 9.33. The lowest BCUT2D eigenvalue weighted by atomic mass is 9.74. The molecule has 26 heavy (non-hydrogen) atoms. The number of halogens is 1. The van der Waals surface area contributed by atoms with E-state index in [2.05, 4.69) is 20.2 Å². The molecule has 2 fully saturated rings. The van der Waals surface area contributed by atoms with Gasteiger partial charge in [-0.3, -0.25) is 4.90 Å². The quantitative estimate of drug-likeness (QED) is 0.862. The van der Waals surface area contributed by atoms with Crippen molar-refractivity contribution in [3.8, 4) is 0 Å². The Morgan fingerprint density at radius 3 is 2.85 bits per heavy atom. The van der Waals surface area contributed by atoms with E-state index in [1.54, 1.807) is 24.5 Å². The van der Waals surface area contributed by atoms with E-state index in [4.69, 9.17) is 4.74 Å².